The monoisotopic (exact) mass is 443 g/mol. The summed E-state index contributed by atoms with van der Waals surface area (Å²) in [4.78, 5) is 25.4. The molecule has 1 aliphatic carbocycles. The maximum atomic E-state index is 13.0. The van der Waals surface area contributed by atoms with E-state index in [9.17, 15) is 9.59 Å². The number of carboxylic acids is 1. The van der Waals surface area contributed by atoms with E-state index >= 15 is 0 Å². The summed E-state index contributed by atoms with van der Waals surface area (Å²) in [6.45, 7) is -0.354. The number of carboxylic acid groups (broad SMARTS) is 1. The Kier molecular flexibility index (Phi) is 6.99. The van der Waals surface area contributed by atoms with Crippen molar-refractivity contribution >= 4 is 29.6 Å². The first-order valence-electron chi connectivity index (χ1n) is 10.8. The predicted molar refractivity (Wildman–Crippen MR) is 127 cm³/mol. The molecule has 0 fully saturated rings. The molecule has 4 rings (SSSR count). The summed E-state index contributed by atoms with van der Waals surface area (Å²) in [7, 11) is 0. The van der Waals surface area contributed by atoms with Gasteiger partial charge in [-0.1, -0.05) is 48.5 Å². The Morgan fingerprint density at radius 1 is 1.00 bits per heavy atom. The molecule has 3 aromatic rings. The van der Waals surface area contributed by atoms with Gasteiger partial charge in [0.25, 0.3) is 0 Å². The summed E-state index contributed by atoms with van der Waals surface area (Å²) in [6.07, 6.45) is 4.12. The van der Waals surface area contributed by atoms with E-state index in [1.165, 1.54) is 0 Å². The second kappa shape index (κ2) is 10.5. The Hall–Kier alpha value is -4.13. The van der Waals surface area contributed by atoms with E-state index in [0.29, 0.717) is 5.75 Å². The molecule has 0 aliphatic heterocycles. The zero-order valence-electron chi connectivity index (χ0n) is 18.1. The fourth-order valence-electron chi connectivity index (χ4n) is 3.99. The number of anilines is 2. The van der Waals surface area contributed by atoms with Crippen molar-refractivity contribution in [3.63, 3.8) is 0 Å². The molecule has 0 aromatic heterocycles. The molecule has 0 saturated heterocycles. The third-order valence-corrected chi connectivity index (χ3v) is 5.51. The lowest BCUT2D eigenvalue weighted by atomic mass is 9.84. The normalized spacial score (nSPS) is 15.0. The SMILES string of the molecule is O=C(O)COc1cccc2c1CCC(C=NNC(=O)N(c1ccccc1)c1ccccc1)C2. The minimum Gasteiger partial charge on any atom is -0.482 e. The van der Waals surface area contributed by atoms with Crippen molar-refractivity contribution in [2.24, 2.45) is 11.0 Å². The number of fused-ring (bicyclic) bond motifs is 1. The van der Waals surface area contributed by atoms with Gasteiger partial charge in [0.1, 0.15) is 5.75 Å². The van der Waals surface area contributed by atoms with Crippen LogP contribution in [-0.4, -0.2) is 29.9 Å². The van der Waals surface area contributed by atoms with Crippen molar-refractivity contribution in [2.75, 3.05) is 11.5 Å². The standard InChI is InChI=1S/C26H25N3O4/c30-25(31)18-33-24-13-7-8-20-16-19(14-15-23(20)24)17-27-28-26(32)29(21-9-3-1-4-10-21)22-11-5-2-6-12-22/h1-13,17,19H,14-16,18H2,(H,28,32)(H,30,31). The number of rotatable bonds is 7. The summed E-state index contributed by atoms with van der Waals surface area (Å²) < 4.78 is 5.43. The Labute approximate surface area is 192 Å². The van der Waals surface area contributed by atoms with Gasteiger partial charge in [0.2, 0.25) is 0 Å². The number of nitrogens with zero attached hydrogens (tertiary/aromatic N) is 2. The van der Waals surface area contributed by atoms with Crippen molar-refractivity contribution < 1.29 is 19.4 Å². The number of hydrogen-bond donors (Lipinski definition) is 2. The van der Waals surface area contributed by atoms with Gasteiger partial charge in [0, 0.05) is 12.1 Å². The molecule has 2 N–H and O–H groups in total. The van der Waals surface area contributed by atoms with Crippen LogP contribution in [0.5, 0.6) is 5.75 Å². The third-order valence-electron chi connectivity index (χ3n) is 5.51. The number of urea groups is 1. The molecule has 7 heteroatoms. The number of hydrazone groups is 1. The Bertz CT molecular complexity index is 1090. The first-order valence-corrected chi connectivity index (χ1v) is 10.8. The summed E-state index contributed by atoms with van der Waals surface area (Å²) >= 11 is 0. The van der Waals surface area contributed by atoms with Crippen LogP contribution in [0.15, 0.2) is 84.0 Å². The Morgan fingerprint density at radius 3 is 2.30 bits per heavy atom. The van der Waals surface area contributed by atoms with Gasteiger partial charge in [-0.25, -0.2) is 15.0 Å². The van der Waals surface area contributed by atoms with E-state index in [1.807, 2.05) is 72.8 Å². The molecule has 3 aromatic carbocycles. The average molecular weight is 444 g/mol. The van der Waals surface area contributed by atoms with Crippen molar-refractivity contribution in [1.82, 2.24) is 5.43 Å². The summed E-state index contributed by atoms with van der Waals surface area (Å²) in [6, 6.07) is 24.2. The summed E-state index contributed by atoms with van der Waals surface area (Å²) in [5, 5.41) is 13.1. The molecule has 7 nitrogen and oxygen atoms in total. The number of nitrogens with one attached hydrogen (secondary N) is 1. The van der Waals surface area contributed by atoms with Crippen LogP contribution in [0, 0.1) is 5.92 Å². The van der Waals surface area contributed by atoms with E-state index in [2.05, 4.69) is 10.5 Å². The van der Waals surface area contributed by atoms with Gasteiger partial charge in [-0.05, 0) is 60.7 Å². The van der Waals surface area contributed by atoms with E-state index in [-0.39, 0.29) is 18.6 Å². The van der Waals surface area contributed by atoms with Crippen LogP contribution in [0.4, 0.5) is 16.2 Å². The highest BCUT2D eigenvalue weighted by Gasteiger charge is 2.21. The molecule has 0 spiro atoms. The largest absolute Gasteiger partial charge is 0.482 e. The smallest absolute Gasteiger partial charge is 0.346 e. The number of hydrogen-bond acceptors (Lipinski definition) is 4. The molecule has 0 bridgehead atoms. The quantitative estimate of drug-likeness (QED) is 0.406. The highest BCUT2D eigenvalue weighted by molar-refractivity contribution is 5.99. The van der Waals surface area contributed by atoms with Crippen LogP contribution in [0.2, 0.25) is 0 Å². The number of amides is 2. The number of carbonyl (C=O) groups excluding carboxylic acids is 1. The maximum absolute atomic E-state index is 13.0. The minimum absolute atomic E-state index is 0.162. The topological polar surface area (TPSA) is 91.2 Å². The van der Waals surface area contributed by atoms with Crippen LogP contribution in [0.25, 0.3) is 0 Å². The fourth-order valence-corrected chi connectivity index (χ4v) is 3.99. The minimum atomic E-state index is -0.996. The second-order valence-corrected chi connectivity index (χ2v) is 7.78. The van der Waals surface area contributed by atoms with Crippen molar-refractivity contribution in [1.29, 1.82) is 0 Å². The van der Waals surface area contributed by atoms with Gasteiger partial charge in [0.05, 0.1) is 11.4 Å². The van der Waals surface area contributed by atoms with Crippen LogP contribution in [-0.2, 0) is 17.6 Å². The first kappa shape index (κ1) is 22.1. The van der Waals surface area contributed by atoms with Gasteiger partial charge < -0.3 is 9.84 Å². The average Bonchev–Trinajstić information content (AvgIpc) is 2.84. The number of benzene rings is 3. The van der Waals surface area contributed by atoms with E-state index < -0.39 is 5.97 Å². The van der Waals surface area contributed by atoms with Crippen LogP contribution >= 0.6 is 0 Å². The van der Waals surface area contributed by atoms with Gasteiger partial charge in [-0.3, -0.25) is 4.90 Å². The second-order valence-electron chi connectivity index (χ2n) is 7.78. The summed E-state index contributed by atoms with van der Waals surface area (Å²) in [5.41, 5.74) is 6.32. The molecular formula is C26H25N3O4. The zero-order chi connectivity index (χ0) is 23.0. The molecular weight excluding hydrogens is 418 g/mol. The molecule has 33 heavy (non-hydrogen) atoms. The van der Waals surface area contributed by atoms with Crippen LogP contribution in [0.1, 0.15) is 17.5 Å². The Morgan fingerprint density at radius 2 is 1.67 bits per heavy atom. The molecule has 1 unspecified atom stereocenters. The van der Waals surface area contributed by atoms with Crippen LogP contribution in [0.3, 0.4) is 0 Å². The third kappa shape index (κ3) is 5.57. The van der Waals surface area contributed by atoms with Gasteiger partial charge >= 0.3 is 12.0 Å². The number of para-hydroxylation sites is 2. The first-order chi connectivity index (χ1) is 16.1. The maximum Gasteiger partial charge on any atom is 0.346 e. The molecule has 168 valence electrons. The lowest BCUT2D eigenvalue weighted by Gasteiger charge is -2.24. The molecule has 0 saturated carbocycles. The molecule has 1 atom stereocenters. The molecule has 1 aliphatic rings. The van der Waals surface area contributed by atoms with Gasteiger partial charge in [0.15, 0.2) is 6.61 Å². The van der Waals surface area contributed by atoms with Gasteiger partial charge in [-0.15, -0.1) is 0 Å². The number of aliphatic carboxylic acids is 1. The van der Waals surface area contributed by atoms with Gasteiger partial charge in [-0.2, -0.15) is 5.10 Å². The number of carbonyl (C=O) groups is 2. The predicted octanol–water partition coefficient (Wildman–Crippen LogP) is 4.79. The van der Waals surface area contributed by atoms with E-state index in [0.717, 1.165) is 41.8 Å². The van der Waals surface area contributed by atoms with E-state index in [1.54, 1.807) is 17.2 Å². The zero-order valence-corrected chi connectivity index (χ0v) is 18.1. The van der Waals surface area contributed by atoms with E-state index in [4.69, 9.17) is 9.84 Å². The van der Waals surface area contributed by atoms with Crippen molar-refractivity contribution in [3.05, 3.63) is 90.0 Å². The molecule has 0 radical (unpaired) electrons. The lowest BCUT2D eigenvalue weighted by molar-refractivity contribution is -0.139. The fraction of sp³-hybridized carbons (Fsp3) is 0.192. The summed E-state index contributed by atoms with van der Waals surface area (Å²) in [5.74, 6) is -0.210. The highest BCUT2D eigenvalue weighted by atomic mass is 16.5. The molecule has 2 amide bonds. The van der Waals surface area contributed by atoms with Crippen LogP contribution < -0.4 is 15.1 Å². The number of ether oxygens (including phenoxy) is 1. The highest BCUT2D eigenvalue weighted by Crippen LogP contribution is 2.31. The van der Waals surface area contributed by atoms with Crippen molar-refractivity contribution in [3.8, 4) is 5.75 Å². The lowest BCUT2D eigenvalue weighted by Crippen LogP contribution is -2.34. The molecule has 0 heterocycles. The Balaban J connectivity index is 1.42. The van der Waals surface area contributed by atoms with Crippen molar-refractivity contribution in [2.45, 2.75) is 19.3 Å².